The van der Waals surface area contributed by atoms with Crippen molar-refractivity contribution in [1.82, 2.24) is 4.31 Å². The standard InChI is InChI=1S/C12H17ClN2O3S/c13-11-2-1-10(7-12(11)14)19(17,18)15-5-3-9(8-15)4-6-16/h1-2,7,9,16H,3-6,8,14H2. The molecule has 3 N–H and O–H groups in total. The van der Waals surface area contributed by atoms with Crippen LogP contribution in [-0.4, -0.2) is 37.5 Å². The fourth-order valence-electron chi connectivity index (χ4n) is 2.26. The van der Waals surface area contributed by atoms with Crippen molar-refractivity contribution in [2.75, 3.05) is 25.4 Å². The minimum atomic E-state index is -3.52. The molecule has 106 valence electrons. The molecule has 0 aromatic heterocycles. The zero-order valence-corrected chi connectivity index (χ0v) is 12.0. The van der Waals surface area contributed by atoms with Crippen molar-refractivity contribution in [2.45, 2.75) is 17.7 Å². The Kier molecular flexibility index (Phi) is 4.35. The topological polar surface area (TPSA) is 83.6 Å². The number of halogens is 1. The molecule has 0 saturated carbocycles. The van der Waals surface area contributed by atoms with Crippen LogP contribution in [0.25, 0.3) is 0 Å². The van der Waals surface area contributed by atoms with Gasteiger partial charge in [0.1, 0.15) is 0 Å². The summed E-state index contributed by atoms with van der Waals surface area (Å²) in [5.74, 6) is 0.226. The Bertz CT molecular complexity index is 562. The van der Waals surface area contributed by atoms with Gasteiger partial charge in [0.05, 0.1) is 15.6 Å². The van der Waals surface area contributed by atoms with Gasteiger partial charge in [-0.25, -0.2) is 8.42 Å². The maximum atomic E-state index is 12.4. The van der Waals surface area contributed by atoms with E-state index in [1.165, 1.54) is 22.5 Å². The lowest BCUT2D eigenvalue weighted by atomic mass is 10.1. The van der Waals surface area contributed by atoms with Gasteiger partial charge in [0.25, 0.3) is 0 Å². The molecule has 0 bridgehead atoms. The van der Waals surface area contributed by atoms with Crippen molar-refractivity contribution in [3.63, 3.8) is 0 Å². The van der Waals surface area contributed by atoms with E-state index < -0.39 is 10.0 Å². The molecule has 1 saturated heterocycles. The van der Waals surface area contributed by atoms with Crippen molar-refractivity contribution < 1.29 is 13.5 Å². The van der Waals surface area contributed by atoms with E-state index in [2.05, 4.69) is 0 Å². The van der Waals surface area contributed by atoms with Crippen LogP contribution >= 0.6 is 11.6 Å². The molecular weight excluding hydrogens is 288 g/mol. The van der Waals surface area contributed by atoms with E-state index in [0.29, 0.717) is 24.5 Å². The molecule has 1 heterocycles. The van der Waals surface area contributed by atoms with Gasteiger partial charge in [0.15, 0.2) is 0 Å². The van der Waals surface area contributed by atoms with E-state index >= 15 is 0 Å². The van der Waals surface area contributed by atoms with Gasteiger partial charge >= 0.3 is 0 Å². The zero-order chi connectivity index (χ0) is 14.0. The number of nitrogens with two attached hydrogens (primary N) is 1. The largest absolute Gasteiger partial charge is 0.397 e. The number of nitrogen functional groups attached to an aromatic ring is 1. The molecule has 1 aliphatic rings. The van der Waals surface area contributed by atoms with Crippen LogP contribution in [0.15, 0.2) is 23.1 Å². The molecule has 1 atom stereocenters. The first-order valence-corrected chi connectivity index (χ1v) is 7.93. The highest BCUT2D eigenvalue weighted by molar-refractivity contribution is 7.89. The normalized spacial score (nSPS) is 20.8. The summed E-state index contributed by atoms with van der Waals surface area (Å²) in [4.78, 5) is 0.166. The summed E-state index contributed by atoms with van der Waals surface area (Å²) in [5, 5.41) is 9.25. The van der Waals surface area contributed by atoms with Gasteiger partial charge in [-0.1, -0.05) is 11.6 Å². The number of aliphatic hydroxyl groups excluding tert-OH is 1. The number of benzene rings is 1. The van der Waals surface area contributed by atoms with E-state index in [1.54, 1.807) is 0 Å². The molecule has 0 amide bonds. The smallest absolute Gasteiger partial charge is 0.243 e. The Hall–Kier alpha value is -0.820. The highest BCUT2D eigenvalue weighted by atomic mass is 35.5. The van der Waals surface area contributed by atoms with E-state index in [1.807, 2.05) is 0 Å². The molecule has 5 nitrogen and oxygen atoms in total. The van der Waals surface area contributed by atoms with E-state index in [0.717, 1.165) is 6.42 Å². The number of hydrogen-bond acceptors (Lipinski definition) is 4. The van der Waals surface area contributed by atoms with Gasteiger partial charge < -0.3 is 10.8 Å². The Morgan fingerprint density at radius 1 is 1.47 bits per heavy atom. The molecule has 1 unspecified atom stereocenters. The minimum Gasteiger partial charge on any atom is -0.397 e. The lowest BCUT2D eigenvalue weighted by Gasteiger charge is -2.17. The zero-order valence-electron chi connectivity index (χ0n) is 10.4. The molecule has 0 spiro atoms. The number of aliphatic hydroxyl groups is 1. The number of hydrogen-bond donors (Lipinski definition) is 2. The third-order valence-corrected chi connectivity index (χ3v) is 5.60. The highest BCUT2D eigenvalue weighted by Gasteiger charge is 2.32. The second-order valence-corrected chi connectivity index (χ2v) is 7.06. The maximum Gasteiger partial charge on any atom is 0.243 e. The van der Waals surface area contributed by atoms with Gasteiger partial charge in [-0.15, -0.1) is 0 Å². The average molecular weight is 305 g/mol. The lowest BCUT2D eigenvalue weighted by Crippen LogP contribution is -2.29. The van der Waals surface area contributed by atoms with Crippen molar-refractivity contribution in [1.29, 1.82) is 0 Å². The van der Waals surface area contributed by atoms with E-state index in [4.69, 9.17) is 22.4 Å². The van der Waals surface area contributed by atoms with Gasteiger partial charge in [0.2, 0.25) is 10.0 Å². The van der Waals surface area contributed by atoms with Gasteiger partial charge in [-0.3, -0.25) is 0 Å². The summed E-state index contributed by atoms with van der Waals surface area (Å²) >= 11 is 5.79. The molecule has 19 heavy (non-hydrogen) atoms. The fourth-order valence-corrected chi connectivity index (χ4v) is 3.95. The SMILES string of the molecule is Nc1cc(S(=O)(=O)N2CCC(CCO)C2)ccc1Cl. The van der Waals surface area contributed by atoms with Crippen molar-refractivity contribution in [2.24, 2.45) is 5.92 Å². The Balaban J connectivity index is 2.21. The Labute approximate surface area is 118 Å². The quantitative estimate of drug-likeness (QED) is 0.822. The molecule has 0 aliphatic carbocycles. The third kappa shape index (κ3) is 3.02. The van der Waals surface area contributed by atoms with E-state index in [9.17, 15) is 8.42 Å². The molecule has 7 heteroatoms. The molecule has 1 aromatic rings. The molecule has 1 aliphatic heterocycles. The van der Waals surface area contributed by atoms with Crippen LogP contribution in [0.3, 0.4) is 0 Å². The van der Waals surface area contributed by atoms with Crippen LogP contribution in [0, 0.1) is 5.92 Å². The van der Waals surface area contributed by atoms with Gasteiger partial charge in [-0.05, 0) is 37.0 Å². The summed E-state index contributed by atoms with van der Waals surface area (Å²) in [7, 11) is -3.52. The average Bonchev–Trinajstić information content (AvgIpc) is 2.82. The van der Waals surface area contributed by atoms with E-state index in [-0.39, 0.29) is 23.1 Å². The van der Waals surface area contributed by atoms with Crippen LogP contribution in [0.2, 0.25) is 5.02 Å². The first-order chi connectivity index (χ1) is 8.95. The predicted octanol–water partition coefficient (Wildman–Crippen LogP) is 1.32. The summed E-state index contributed by atoms with van der Waals surface area (Å²) in [6, 6.07) is 4.34. The molecule has 1 aromatic carbocycles. The van der Waals surface area contributed by atoms with Crippen LogP contribution in [0.5, 0.6) is 0 Å². The monoisotopic (exact) mass is 304 g/mol. The maximum absolute atomic E-state index is 12.4. The number of sulfonamides is 1. The second-order valence-electron chi connectivity index (χ2n) is 4.71. The Morgan fingerprint density at radius 3 is 2.84 bits per heavy atom. The van der Waals surface area contributed by atoms with Crippen molar-refractivity contribution in [3.05, 3.63) is 23.2 Å². The Morgan fingerprint density at radius 2 is 2.21 bits per heavy atom. The van der Waals surface area contributed by atoms with Crippen LogP contribution in [0.4, 0.5) is 5.69 Å². The van der Waals surface area contributed by atoms with Crippen LogP contribution in [0.1, 0.15) is 12.8 Å². The van der Waals surface area contributed by atoms with Crippen LogP contribution in [-0.2, 0) is 10.0 Å². The first-order valence-electron chi connectivity index (χ1n) is 6.11. The summed E-state index contributed by atoms with van der Waals surface area (Å²) < 4.78 is 26.3. The minimum absolute atomic E-state index is 0.0897. The molecular formula is C12H17ClN2O3S. The second kappa shape index (κ2) is 5.66. The molecule has 0 radical (unpaired) electrons. The van der Waals surface area contributed by atoms with Gasteiger partial charge in [0, 0.05) is 19.7 Å². The first kappa shape index (κ1) is 14.6. The number of nitrogens with zero attached hydrogens (tertiary/aromatic N) is 1. The van der Waals surface area contributed by atoms with Gasteiger partial charge in [-0.2, -0.15) is 4.31 Å². The molecule has 1 fully saturated rings. The van der Waals surface area contributed by atoms with Crippen molar-refractivity contribution >= 4 is 27.3 Å². The fraction of sp³-hybridized carbons (Fsp3) is 0.500. The summed E-state index contributed by atoms with van der Waals surface area (Å²) in [6.07, 6.45) is 1.41. The van der Waals surface area contributed by atoms with Crippen molar-refractivity contribution in [3.8, 4) is 0 Å². The third-order valence-electron chi connectivity index (χ3n) is 3.39. The highest BCUT2D eigenvalue weighted by Crippen LogP contribution is 2.28. The molecule has 2 rings (SSSR count). The predicted molar refractivity (Wildman–Crippen MR) is 74.4 cm³/mol. The number of rotatable bonds is 4. The van der Waals surface area contributed by atoms with Crippen LogP contribution < -0.4 is 5.73 Å². The number of anilines is 1. The summed E-state index contributed by atoms with van der Waals surface area (Å²) in [5.41, 5.74) is 5.90. The lowest BCUT2D eigenvalue weighted by molar-refractivity contribution is 0.259. The summed E-state index contributed by atoms with van der Waals surface area (Å²) in [6.45, 7) is 1.02.